The first-order valence-corrected chi connectivity index (χ1v) is 7.20. The lowest BCUT2D eigenvalue weighted by atomic mass is 10.2. The number of hydrogen-bond donors (Lipinski definition) is 1. The van der Waals surface area contributed by atoms with Gasteiger partial charge in [-0.1, -0.05) is 25.1 Å². The molecule has 0 aliphatic heterocycles. The molecule has 0 bridgehead atoms. The van der Waals surface area contributed by atoms with Gasteiger partial charge in [-0.15, -0.1) is 0 Å². The minimum absolute atomic E-state index is 0.910. The van der Waals surface area contributed by atoms with E-state index in [1.165, 1.54) is 11.3 Å². The molecule has 1 aromatic carbocycles. The number of aromatic nitrogens is 1. The first-order valence-electron chi connectivity index (χ1n) is 7.20. The third-order valence-electron chi connectivity index (χ3n) is 3.33. The Morgan fingerprint density at radius 2 is 2.05 bits per heavy atom. The van der Waals surface area contributed by atoms with E-state index < -0.39 is 0 Å². The van der Waals surface area contributed by atoms with Crippen molar-refractivity contribution in [2.75, 3.05) is 25.0 Å². The van der Waals surface area contributed by atoms with Crippen LogP contribution in [0, 0.1) is 6.92 Å². The highest BCUT2D eigenvalue weighted by molar-refractivity contribution is 5.45. The molecule has 1 N–H and O–H groups in total. The van der Waals surface area contributed by atoms with Crippen LogP contribution in [0.5, 0.6) is 0 Å². The third-order valence-corrected chi connectivity index (χ3v) is 3.33. The highest BCUT2D eigenvalue weighted by Crippen LogP contribution is 2.09. The molecule has 0 unspecified atom stereocenters. The van der Waals surface area contributed by atoms with E-state index in [2.05, 4.69) is 59.4 Å². The lowest BCUT2D eigenvalue weighted by Crippen LogP contribution is -2.28. The van der Waals surface area contributed by atoms with Crippen molar-refractivity contribution in [2.45, 2.75) is 20.4 Å². The van der Waals surface area contributed by atoms with Gasteiger partial charge in [-0.05, 0) is 43.3 Å². The minimum atomic E-state index is 0.910. The standard InChI is InChI=1S/C17H23N3/c1-3-20(14-17-8-4-5-10-18-17)12-11-19-16-9-6-7-15(2)13-16/h4-10,13,19H,3,11-12,14H2,1-2H3. The Balaban J connectivity index is 1.79. The fraction of sp³-hybridized carbons (Fsp3) is 0.353. The van der Waals surface area contributed by atoms with Crippen molar-refractivity contribution in [1.29, 1.82) is 0 Å². The molecule has 0 aliphatic rings. The van der Waals surface area contributed by atoms with Crippen molar-refractivity contribution in [3.63, 3.8) is 0 Å². The van der Waals surface area contributed by atoms with Gasteiger partial charge in [0.15, 0.2) is 0 Å². The monoisotopic (exact) mass is 269 g/mol. The summed E-state index contributed by atoms with van der Waals surface area (Å²) in [7, 11) is 0. The Labute approximate surface area is 121 Å². The van der Waals surface area contributed by atoms with Crippen molar-refractivity contribution < 1.29 is 0 Å². The van der Waals surface area contributed by atoms with Crippen molar-refractivity contribution in [2.24, 2.45) is 0 Å². The van der Waals surface area contributed by atoms with Gasteiger partial charge in [-0.2, -0.15) is 0 Å². The number of benzene rings is 1. The highest BCUT2D eigenvalue weighted by Gasteiger charge is 2.04. The lowest BCUT2D eigenvalue weighted by Gasteiger charge is -2.20. The summed E-state index contributed by atoms with van der Waals surface area (Å²) in [5.74, 6) is 0. The molecular formula is C17H23N3. The average Bonchev–Trinajstić information content (AvgIpc) is 2.47. The smallest absolute Gasteiger partial charge is 0.0543 e. The summed E-state index contributed by atoms with van der Waals surface area (Å²) in [5.41, 5.74) is 3.61. The average molecular weight is 269 g/mol. The van der Waals surface area contributed by atoms with E-state index in [1.807, 2.05) is 18.3 Å². The number of hydrogen-bond acceptors (Lipinski definition) is 3. The van der Waals surface area contributed by atoms with Crippen LogP contribution in [0.4, 0.5) is 5.69 Å². The van der Waals surface area contributed by atoms with Gasteiger partial charge in [0.2, 0.25) is 0 Å². The Morgan fingerprint density at radius 1 is 1.15 bits per heavy atom. The Morgan fingerprint density at radius 3 is 2.75 bits per heavy atom. The predicted octanol–water partition coefficient (Wildman–Crippen LogP) is 3.32. The lowest BCUT2D eigenvalue weighted by molar-refractivity contribution is 0.287. The number of anilines is 1. The van der Waals surface area contributed by atoms with E-state index >= 15 is 0 Å². The Hall–Kier alpha value is -1.87. The summed E-state index contributed by atoms with van der Waals surface area (Å²) >= 11 is 0. The van der Waals surface area contributed by atoms with Gasteiger partial charge in [0.05, 0.1) is 5.69 Å². The number of pyridine rings is 1. The zero-order valence-electron chi connectivity index (χ0n) is 12.3. The van der Waals surface area contributed by atoms with E-state index in [4.69, 9.17) is 0 Å². The molecule has 2 rings (SSSR count). The number of nitrogens with one attached hydrogen (secondary N) is 1. The first-order chi connectivity index (χ1) is 9.78. The van der Waals surface area contributed by atoms with E-state index in [-0.39, 0.29) is 0 Å². The second-order valence-corrected chi connectivity index (χ2v) is 4.99. The molecule has 0 radical (unpaired) electrons. The second-order valence-electron chi connectivity index (χ2n) is 4.99. The molecule has 0 atom stereocenters. The summed E-state index contributed by atoms with van der Waals surface area (Å²) in [6.07, 6.45) is 1.86. The molecule has 1 aromatic heterocycles. The molecule has 3 nitrogen and oxygen atoms in total. The first kappa shape index (κ1) is 14.5. The Bertz CT molecular complexity index is 511. The van der Waals surface area contributed by atoms with Gasteiger partial charge in [0.1, 0.15) is 0 Å². The van der Waals surface area contributed by atoms with Gasteiger partial charge >= 0.3 is 0 Å². The fourth-order valence-electron chi connectivity index (χ4n) is 2.18. The van der Waals surface area contributed by atoms with E-state index in [0.29, 0.717) is 0 Å². The minimum Gasteiger partial charge on any atom is -0.384 e. The van der Waals surface area contributed by atoms with Crippen LogP contribution in [-0.2, 0) is 6.54 Å². The maximum atomic E-state index is 4.38. The summed E-state index contributed by atoms with van der Waals surface area (Å²) < 4.78 is 0. The summed E-state index contributed by atoms with van der Waals surface area (Å²) in [6, 6.07) is 14.6. The van der Waals surface area contributed by atoms with Crippen molar-refractivity contribution >= 4 is 5.69 Å². The van der Waals surface area contributed by atoms with Gasteiger partial charge < -0.3 is 5.32 Å². The number of rotatable bonds is 7. The quantitative estimate of drug-likeness (QED) is 0.835. The van der Waals surface area contributed by atoms with Crippen LogP contribution in [0.1, 0.15) is 18.2 Å². The van der Waals surface area contributed by atoms with Crippen LogP contribution in [0.25, 0.3) is 0 Å². The Kier molecular flexibility index (Phi) is 5.56. The van der Waals surface area contributed by atoms with Crippen LogP contribution in [0.2, 0.25) is 0 Å². The maximum absolute atomic E-state index is 4.38. The molecule has 0 saturated carbocycles. The largest absolute Gasteiger partial charge is 0.384 e. The summed E-state index contributed by atoms with van der Waals surface area (Å²) in [5, 5.41) is 3.47. The zero-order valence-corrected chi connectivity index (χ0v) is 12.3. The van der Waals surface area contributed by atoms with Crippen LogP contribution >= 0.6 is 0 Å². The normalized spacial score (nSPS) is 10.8. The van der Waals surface area contributed by atoms with Crippen molar-refractivity contribution in [1.82, 2.24) is 9.88 Å². The molecule has 106 valence electrons. The topological polar surface area (TPSA) is 28.2 Å². The van der Waals surface area contributed by atoms with E-state index in [9.17, 15) is 0 Å². The van der Waals surface area contributed by atoms with Gasteiger partial charge in [0.25, 0.3) is 0 Å². The number of aryl methyl sites for hydroxylation is 1. The van der Waals surface area contributed by atoms with Gasteiger partial charge in [0, 0.05) is 31.5 Å². The highest BCUT2D eigenvalue weighted by atomic mass is 15.1. The van der Waals surface area contributed by atoms with Crippen molar-refractivity contribution in [3.05, 3.63) is 59.9 Å². The molecule has 0 amide bonds. The molecule has 2 aromatic rings. The number of nitrogens with zero attached hydrogens (tertiary/aromatic N) is 2. The SMILES string of the molecule is CCN(CCNc1cccc(C)c1)Cc1ccccn1. The zero-order chi connectivity index (χ0) is 14.2. The van der Waals surface area contributed by atoms with Crippen LogP contribution < -0.4 is 5.32 Å². The molecule has 0 spiro atoms. The fourth-order valence-corrected chi connectivity index (χ4v) is 2.18. The van der Waals surface area contributed by atoms with Gasteiger partial charge in [-0.25, -0.2) is 0 Å². The molecule has 20 heavy (non-hydrogen) atoms. The van der Waals surface area contributed by atoms with Crippen molar-refractivity contribution in [3.8, 4) is 0 Å². The molecule has 0 fully saturated rings. The van der Waals surface area contributed by atoms with Gasteiger partial charge in [-0.3, -0.25) is 9.88 Å². The molecule has 0 aliphatic carbocycles. The molecular weight excluding hydrogens is 246 g/mol. The molecule has 0 saturated heterocycles. The molecule has 3 heteroatoms. The van der Waals surface area contributed by atoms with E-state index in [1.54, 1.807) is 0 Å². The van der Waals surface area contributed by atoms with E-state index in [0.717, 1.165) is 31.9 Å². The summed E-state index contributed by atoms with van der Waals surface area (Å²) in [6.45, 7) is 8.21. The van der Waals surface area contributed by atoms with Crippen LogP contribution in [0.15, 0.2) is 48.7 Å². The molecule has 1 heterocycles. The van der Waals surface area contributed by atoms with Crippen LogP contribution in [0.3, 0.4) is 0 Å². The summed E-state index contributed by atoms with van der Waals surface area (Å²) in [4.78, 5) is 6.78. The predicted molar refractivity (Wildman–Crippen MR) is 84.9 cm³/mol. The second kappa shape index (κ2) is 7.65. The third kappa shape index (κ3) is 4.67. The maximum Gasteiger partial charge on any atom is 0.0543 e. The number of likely N-dealkylation sites (N-methyl/N-ethyl adjacent to an activating group) is 1. The van der Waals surface area contributed by atoms with Crippen LogP contribution in [-0.4, -0.2) is 29.5 Å².